The number of benzene rings is 2. The van der Waals surface area contributed by atoms with Crippen molar-refractivity contribution in [3.8, 4) is 16.9 Å². The number of halogens is 2. The maximum atomic E-state index is 14.0. The van der Waals surface area contributed by atoms with E-state index in [2.05, 4.69) is 5.32 Å². The number of amides is 1. The first-order valence-electron chi connectivity index (χ1n) is 7.68. The second-order valence-electron chi connectivity index (χ2n) is 5.99. The van der Waals surface area contributed by atoms with E-state index in [-0.39, 0.29) is 36.1 Å². The van der Waals surface area contributed by atoms with Gasteiger partial charge in [0.05, 0.1) is 0 Å². The van der Waals surface area contributed by atoms with E-state index in [4.69, 9.17) is 5.73 Å². The summed E-state index contributed by atoms with van der Waals surface area (Å²) in [5.74, 6) is -0.827. The topological polar surface area (TPSA) is 75.3 Å². The van der Waals surface area contributed by atoms with E-state index in [0.29, 0.717) is 16.7 Å². The molecule has 0 aliphatic heterocycles. The van der Waals surface area contributed by atoms with Crippen LogP contribution in [0.25, 0.3) is 11.1 Å². The Labute approximate surface area is 146 Å². The Morgan fingerprint density at radius 2 is 2.00 bits per heavy atom. The van der Waals surface area contributed by atoms with E-state index in [1.165, 1.54) is 12.1 Å². The molecule has 128 valence electrons. The van der Waals surface area contributed by atoms with Crippen molar-refractivity contribution in [2.24, 2.45) is 5.73 Å². The SMILES string of the molecule is Cl.N[C@@H]1CC[C@H](NC(=O)c2cccc(-c3ccc(O)cc3F)c2)C1. The average molecular weight is 351 g/mol. The Morgan fingerprint density at radius 3 is 2.67 bits per heavy atom. The molecule has 0 unspecified atom stereocenters. The number of nitrogens with one attached hydrogen (secondary N) is 1. The van der Waals surface area contributed by atoms with Crippen molar-refractivity contribution in [3.63, 3.8) is 0 Å². The third-order valence-corrected chi connectivity index (χ3v) is 4.20. The summed E-state index contributed by atoms with van der Waals surface area (Å²) in [7, 11) is 0. The monoisotopic (exact) mass is 350 g/mol. The number of nitrogens with two attached hydrogens (primary N) is 1. The predicted molar refractivity (Wildman–Crippen MR) is 93.8 cm³/mol. The lowest BCUT2D eigenvalue weighted by atomic mass is 10.0. The first-order valence-corrected chi connectivity index (χ1v) is 7.68. The maximum Gasteiger partial charge on any atom is 0.251 e. The largest absolute Gasteiger partial charge is 0.508 e. The standard InChI is InChI=1S/C18H19FN2O2.ClH/c19-17-10-15(22)6-7-16(17)11-2-1-3-12(8-11)18(23)21-14-5-4-13(20)9-14;/h1-3,6-8,10,13-14,22H,4-5,9,20H2,(H,21,23);1H/t13-,14+;/m1./s1. The van der Waals surface area contributed by atoms with Gasteiger partial charge in [0.25, 0.3) is 5.91 Å². The van der Waals surface area contributed by atoms with Crippen LogP contribution in [0, 0.1) is 5.82 Å². The van der Waals surface area contributed by atoms with Crippen LogP contribution in [-0.2, 0) is 0 Å². The van der Waals surface area contributed by atoms with Crippen LogP contribution in [0.2, 0.25) is 0 Å². The van der Waals surface area contributed by atoms with E-state index >= 15 is 0 Å². The quantitative estimate of drug-likeness (QED) is 0.795. The first kappa shape index (κ1) is 18.2. The summed E-state index contributed by atoms with van der Waals surface area (Å²) < 4.78 is 14.0. The van der Waals surface area contributed by atoms with Crippen LogP contribution in [0.5, 0.6) is 5.75 Å². The fourth-order valence-corrected chi connectivity index (χ4v) is 2.98. The molecule has 0 bridgehead atoms. The van der Waals surface area contributed by atoms with E-state index in [1.54, 1.807) is 24.3 Å². The van der Waals surface area contributed by atoms with Gasteiger partial charge in [-0.1, -0.05) is 12.1 Å². The molecule has 0 spiro atoms. The smallest absolute Gasteiger partial charge is 0.251 e. The van der Waals surface area contributed by atoms with Crippen LogP contribution in [0.4, 0.5) is 4.39 Å². The van der Waals surface area contributed by atoms with Crippen LogP contribution in [0.15, 0.2) is 42.5 Å². The van der Waals surface area contributed by atoms with Gasteiger partial charge in [0.1, 0.15) is 11.6 Å². The first-order chi connectivity index (χ1) is 11.0. The van der Waals surface area contributed by atoms with E-state index in [1.807, 2.05) is 0 Å². The molecule has 1 saturated carbocycles. The molecule has 6 heteroatoms. The molecule has 1 aliphatic carbocycles. The van der Waals surface area contributed by atoms with Crippen molar-refractivity contribution >= 4 is 18.3 Å². The second kappa shape index (κ2) is 7.64. The van der Waals surface area contributed by atoms with Gasteiger partial charge in [0.15, 0.2) is 0 Å². The van der Waals surface area contributed by atoms with E-state index in [9.17, 15) is 14.3 Å². The summed E-state index contributed by atoms with van der Waals surface area (Å²) in [5.41, 5.74) is 7.28. The molecule has 1 aliphatic rings. The van der Waals surface area contributed by atoms with Gasteiger partial charge in [-0.3, -0.25) is 4.79 Å². The number of carbonyl (C=O) groups excluding carboxylic acids is 1. The van der Waals surface area contributed by atoms with Crippen molar-refractivity contribution < 1.29 is 14.3 Å². The highest BCUT2D eigenvalue weighted by Gasteiger charge is 2.23. The molecular formula is C18H20ClFN2O2. The summed E-state index contributed by atoms with van der Waals surface area (Å²) in [6, 6.07) is 11.0. The molecule has 2 aromatic carbocycles. The lowest BCUT2D eigenvalue weighted by molar-refractivity contribution is 0.0937. The van der Waals surface area contributed by atoms with Crippen LogP contribution < -0.4 is 11.1 Å². The lowest BCUT2D eigenvalue weighted by Crippen LogP contribution is -2.34. The van der Waals surface area contributed by atoms with Gasteiger partial charge in [-0.05, 0) is 49.1 Å². The molecule has 0 radical (unpaired) electrons. The Morgan fingerprint density at radius 1 is 1.21 bits per heavy atom. The van der Waals surface area contributed by atoms with Crippen LogP contribution in [0.3, 0.4) is 0 Å². The van der Waals surface area contributed by atoms with Gasteiger partial charge in [0, 0.05) is 29.3 Å². The third kappa shape index (κ3) is 4.04. The van der Waals surface area contributed by atoms with Gasteiger partial charge >= 0.3 is 0 Å². The summed E-state index contributed by atoms with van der Waals surface area (Å²) in [6.45, 7) is 0. The summed E-state index contributed by atoms with van der Waals surface area (Å²) in [6.07, 6.45) is 2.60. The molecule has 24 heavy (non-hydrogen) atoms. The number of phenols is 1. The van der Waals surface area contributed by atoms with Gasteiger partial charge in [-0.25, -0.2) is 4.39 Å². The molecule has 4 nitrogen and oxygen atoms in total. The van der Waals surface area contributed by atoms with E-state index < -0.39 is 5.82 Å². The number of aromatic hydroxyl groups is 1. The molecule has 4 N–H and O–H groups in total. The Kier molecular flexibility index (Phi) is 5.80. The fraction of sp³-hybridized carbons (Fsp3) is 0.278. The summed E-state index contributed by atoms with van der Waals surface area (Å²) in [5, 5.41) is 12.3. The summed E-state index contributed by atoms with van der Waals surface area (Å²) in [4.78, 5) is 12.3. The van der Waals surface area contributed by atoms with Crippen molar-refractivity contribution in [1.82, 2.24) is 5.32 Å². The zero-order valence-corrected chi connectivity index (χ0v) is 13.9. The van der Waals surface area contributed by atoms with Crippen molar-refractivity contribution in [2.45, 2.75) is 31.3 Å². The van der Waals surface area contributed by atoms with Crippen molar-refractivity contribution in [1.29, 1.82) is 0 Å². The molecule has 1 fully saturated rings. The highest BCUT2D eigenvalue weighted by atomic mass is 35.5. The van der Waals surface area contributed by atoms with Crippen LogP contribution in [-0.4, -0.2) is 23.1 Å². The number of rotatable bonds is 3. The summed E-state index contributed by atoms with van der Waals surface area (Å²) >= 11 is 0. The van der Waals surface area contributed by atoms with Gasteiger partial charge < -0.3 is 16.2 Å². The number of hydrogen-bond donors (Lipinski definition) is 3. The number of phenolic OH excluding ortho intramolecular Hbond substituents is 1. The molecule has 0 aromatic heterocycles. The molecule has 0 heterocycles. The second-order valence-corrected chi connectivity index (χ2v) is 5.99. The van der Waals surface area contributed by atoms with Crippen molar-refractivity contribution in [2.75, 3.05) is 0 Å². The van der Waals surface area contributed by atoms with Crippen LogP contribution in [0.1, 0.15) is 29.6 Å². The minimum absolute atomic E-state index is 0. The van der Waals surface area contributed by atoms with Gasteiger partial charge in [-0.15, -0.1) is 12.4 Å². The van der Waals surface area contributed by atoms with Gasteiger partial charge in [0.2, 0.25) is 0 Å². The lowest BCUT2D eigenvalue weighted by Gasteiger charge is -2.13. The fourth-order valence-electron chi connectivity index (χ4n) is 2.98. The predicted octanol–water partition coefficient (Wildman–Crippen LogP) is 3.23. The van der Waals surface area contributed by atoms with Gasteiger partial charge in [-0.2, -0.15) is 0 Å². The van der Waals surface area contributed by atoms with Crippen LogP contribution >= 0.6 is 12.4 Å². The normalized spacial score (nSPS) is 19.6. The molecule has 1 amide bonds. The zero-order valence-electron chi connectivity index (χ0n) is 13.0. The highest BCUT2D eigenvalue weighted by molar-refractivity contribution is 5.95. The average Bonchev–Trinajstić information content (AvgIpc) is 2.92. The van der Waals surface area contributed by atoms with Crippen molar-refractivity contribution in [3.05, 3.63) is 53.8 Å². The minimum atomic E-state index is -0.524. The van der Waals surface area contributed by atoms with E-state index in [0.717, 1.165) is 25.3 Å². The number of hydrogen-bond acceptors (Lipinski definition) is 3. The Bertz CT molecular complexity index is 739. The Balaban J connectivity index is 0.00000208. The molecule has 2 atom stereocenters. The molecule has 2 aromatic rings. The third-order valence-electron chi connectivity index (χ3n) is 4.20. The zero-order chi connectivity index (χ0) is 16.4. The maximum absolute atomic E-state index is 14.0. The minimum Gasteiger partial charge on any atom is -0.508 e. The highest BCUT2D eigenvalue weighted by Crippen LogP contribution is 2.26. The Hall–Kier alpha value is -2.11. The molecule has 0 saturated heterocycles. The molecule has 3 rings (SSSR count). The number of carbonyl (C=O) groups is 1. The molecular weight excluding hydrogens is 331 g/mol.